The number of aromatic nitrogens is 2. The van der Waals surface area contributed by atoms with Gasteiger partial charge in [-0.3, -0.25) is 19.5 Å². The molecule has 1 aromatic heterocycles. The van der Waals surface area contributed by atoms with E-state index in [1.165, 1.54) is 12.1 Å². The minimum Gasteiger partial charge on any atom is -0.276 e. The van der Waals surface area contributed by atoms with E-state index >= 15 is 0 Å². The molecule has 1 N–H and O–H groups in total. The van der Waals surface area contributed by atoms with Crippen LogP contribution < -0.4 is 4.72 Å². The van der Waals surface area contributed by atoms with Gasteiger partial charge in [-0.1, -0.05) is 28.1 Å². The molecule has 0 radical (unpaired) electrons. The maximum absolute atomic E-state index is 12.7. The van der Waals surface area contributed by atoms with Gasteiger partial charge in [0.1, 0.15) is 0 Å². The fraction of sp³-hybridized carbons (Fsp3) is 0.167. The lowest BCUT2D eigenvalue weighted by Gasteiger charge is -2.09. The van der Waals surface area contributed by atoms with Crippen LogP contribution in [0.15, 0.2) is 57.9 Å². The van der Waals surface area contributed by atoms with Crippen LogP contribution in [0.5, 0.6) is 0 Å². The third-order valence-corrected chi connectivity index (χ3v) is 6.12. The van der Waals surface area contributed by atoms with Crippen LogP contribution in [0.3, 0.4) is 0 Å². The molecule has 3 aromatic rings. The Hall–Kier alpha value is -2.72. The van der Waals surface area contributed by atoms with Crippen molar-refractivity contribution in [1.29, 1.82) is 0 Å². The largest absolute Gasteiger partial charge is 0.276 e. The number of nitro benzene ring substituents is 1. The summed E-state index contributed by atoms with van der Waals surface area (Å²) in [5, 5.41) is 15.2. The first kappa shape index (κ1) is 20.0. The van der Waals surface area contributed by atoms with Crippen LogP contribution in [0.25, 0.3) is 0 Å². The fourth-order valence-corrected chi connectivity index (χ4v) is 4.14. The van der Waals surface area contributed by atoms with E-state index in [2.05, 4.69) is 25.8 Å². The van der Waals surface area contributed by atoms with Gasteiger partial charge in [0.2, 0.25) is 0 Å². The van der Waals surface area contributed by atoms with Crippen molar-refractivity contribution in [2.45, 2.75) is 25.3 Å². The van der Waals surface area contributed by atoms with Crippen molar-refractivity contribution in [2.24, 2.45) is 0 Å². The molecule has 0 aliphatic carbocycles. The predicted molar refractivity (Wildman–Crippen MR) is 109 cm³/mol. The molecular weight excluding hydrogens is 448 g/mol. The van der Waals surface area contributed by atoms with E-state index in [4.69, 9.17) is 0 Å². The van der Waals surface area contributed by atoms with Gasteiger partial charge in [-0.15, -0.1) is 0 Å². The summed E-state index contributed by atoms with van der Waals surface area (Å²) in [7, 11) is -3.90. The van der Waals surface area contributed by atoms with Crippen LogP contribution in [-0.2, 0) is 16.6 Å². The Balaban J connectivity index is 1.86. The zero-order valence-corrected chi connectivity index (χ0v) is 17.5. The maximum Gasteiger partial charge on any atom is 0.269 e. The molecular formula is C18H17BrN4O4S. The summed E-state index contributed by atoms with van der Waals surface area (Å²) in [6.07, 6.45) is 0. The normalized spacial score (nSPS) is 11.4. The van der Waals surface area contributed by atoms with Crippen LogP contribution in [0.2, 0.25) is 0 Å². The molecule has 8 nitrogen and oxygen atoms in total. The molecule has 0 saturated heterocycles. The van der Waals surface area contributed by atoms with Gasteiger partial charge in [0.15, 0.2) is 0 Å². The molecule has 0 saturated carbocycles. The Bertz CT molecular complexity index is 1120. The molecule has 10 heteroatoms. The molecule has 0 aliphatic heterocycles. The molecule has 146 valence electrons. The van der Waals surface area contributed by atoms with Gasteiger partial charge >= 0.3 is 0 Å². The number of hydrogen-bond donors (Lipinski definition) is 1. The molecule has 0 bridgehead atoms. The summed E-state index contributed by atoms with van der Waals surface area (Å²) in [6, 6.07) is 12.5. The van der Waals surface area contributed by atoms with Gasteiger partial charge < -0.3 is 0 Å². The Kier molecular flexibility index (Phi) is 5.52. The highest BCUT2D eigenvalue weighted by Crippen LogP contribution is 2.25. The summed E-state index contributed by atoms with van der Waals surface area (Å²) in [6.45, 7) is 4.00. The third kappa shape index (κ3) is 4.23. The SMILES string of the molecule is Cc1nn(Cc2ccc(Br)cc2)c(C)c1NS(=O)(=O)c1ccc([N+](=O)[O-])cc1. The van der Waals surface area contributed by atoms with Gasteiger partial charge in [0.05, 0.1) is 33.4 Å². The van der Waals surface area contributed by atoms with Crippen molar-refractivity contribution >= 4 is 37.3 Å². The number of nitro groups is 1. The number of hydrogen-bond acceptors (Lipinski definition) is 5. The van der Waals surface area contributed by atoms with E-state index in [0.717, 1.165) is 22.2 Å². The summed E-state index contributed by atoms with van der Waals surface area (Å²) >= 11 is 3.39. The topological polar surface area (TPSA) is 107 Å². The Morgan fingerprint density at radius 3 is 2.29 bits per heavy atom. The second-order valence-corrected chi connectivity index (χ2v) is 8.78. The molecule has 0 fully saturated rings. The number of anilines is 1. The number of sulfonamides is 1. The average Bonchev–Trinajstić information content (AvgIpc) is 2.91. The fourth-order valence-electron chi connectivity index (χ4n) is 2.70. The molecule has 0 aliphatic rings. The van der Waals surface area contributed by atoms with Crippen LogP contribution >= 0.6 is 15.9 Å². The molecule has 28 heavy (non-hydrogen) atoms. The van der Waals surface area contributed by atoms with E-state index in [1.807, 2.05) is 24.3 Å². The van der Waals surface area contributed by atoms with Crippen LogP contribution in [0, 0.1) is 24.0 Å². The first-order chi connectivity index (χ1) is 13.2. The Labute approximate surface area is 170 Å². The molecule has 1 heterocycles. The highest BCUT2D eigenvalue weighted by atomic mass is 79.9. The molecule has 3 rings (SSSR count). The average molecular weight is 465 g/mol. The van der Waals surface area contributed by atoms with E-state index in [1.54, 1.807) is 18.5 Å². The molecule has 2 aromatic carbocycles. The Morgan fingerprint density at radius 1 is 1.11 bits per heavy atom. The minimum atomic E-state index is -3.90. The highest BCUT2D eigenvalue weighted by molar-refractivity contribution is 9.10. The zero-order chi connectivity index (χ0) is 20.5. The summed E-state index contributed by atoms with van der Waals surface area (Å²) in [4.78, 5) is 10.1. The first-order valence-corrected chi connectivity index (χ1v) is 10.5. The second-order valence-electron chi connectivity index (χ2n) is 6.19. The number of rotatable bonds is 6. The number of nitrogens with zero attached hydrogens (tertiary/aromatic N) is 3. The van der Waals surface area contributed by atoms with E-state index in [0.29, 0.717) is 23.6 Å². The van der Waals surface area contributed by atoms with Crippen molar-refractivity contribution in [3.05, 3.63) is 80.1 Å². The van der Waals surface area contributed by atoms with Crippen molar-refractivity contribution in [2.75, 3.05) is 4.72 Å². The van der Waals surface area contributed by atoms with Gasteiger partial charge in [-0.2, -0.15) is 5.10 Å². The molecule has 0 spiro atoms. The second kappa shape index (κ2) is 7.72. The lowest BCUT2D eigenvalue weighted by atomic mass is 10.2. The summed E-state index contributed by atoms with van der Waals surface area (Å²) in [5.74, 6) is 0. The van der Waals surface area contributed by atoms with Gasteiger partial charge in [0, 0.05) is 16.6 Å². The lowest BCUT2D eigenvalue weighted by molar-refractivity contribution is -0.384. The molecule has 0 amide bonds. The third-order valence-electron chi connectivity index (χ3n) is 4.22. The van der Waals surface area contributed by atoms with Gasteiger partial charge in [-0.25, -0.2) is 8.42 Å². The number of non-ortho nitro benzene ring substituents is 1. The molecule has 0 unspecified atom stereocenters. The standard InChI is InChI=1S/C18H17BrN4O4S/c1-12-18(13(2)22(20-12)11-14-3-5-15(19)6-4-14)21-28(26,27)17-9-7-16(8-10-17)23(24)25/h3-10,21H,11H2,1-2H3. The van der Waals surface area contributed by atoms with Crippen molar-refractivity contribution in [3.63, 3.8) is 0 Å². The smallest absolute Gasteiger partial charge is 0.269 e. The van der Waals surface area contributed by atoms with Crippen LogP contribution in [-0.4, -0.2) is 23.1 Å². The van der Waals surface area contributed by atoms with Crippen LogP contribution in [0.1, 0.15) is 17.0 Å². The maximum atomic E-state index is 12.7. The molecule has 0 atom stereocenters. The minimum absolute atomic E-state index is 0.0578. The highest BCUT2D eigenvalue weighted by Gasteiger charge is 2.21. The van der Waals surface area contributed by atoms with Crippen molar-refractivity contribution in [3.8, 4) is 0 Å². The zero-order valence-electron chi connectivity index (χ0n) is 15.1. The van der Waals surface area contributed by atoms with Crippen molar-refractivity contribution < 1.29 is 13.3 Å². The number of benzene rings is 2. The monoisotopic (exact) mass is 464 g/mol. The number of nitrogens with one attached hydrogen (secondary N) is 1. The van der Waals surface area contributed by atoms with Crippen molar-refractivity contribution in [1.82, 2.24) is 9.78 Å². The lowest BCUT2D eigenvalue weighted by Crippen LogP contribution is -2.14. The quantitative estimate of drug-likeness (QED) is 0.437. The number of aryl methyl sites for hydroxylation is 1. The van der Waals surface area contributed by atoms with E-state index in [9.17, 15) is 18.5 Å². The predicted octanol–water partition coefficient (Wildman–Crippen LogP) is 4.02. The van der Waals surface area contributed by atoms with E-state index in [-0.39, 0.29) is 10.6 Å². The van der Waals surface area contributed by atoms with E-state index < -0.39 is 14.9 Å². The Morgan fingerprint density at radius 2 is 1.71 bits per heavy atom. The van der Waals surface area contributed by atoms with Crippen LogP contribution in [0.4, 0.5) is 11.4 Å². The van der Waals surface area contributed by atoms with Gasteiger partial charge in [-0.05, 0) is 43.7 Å². The first-order valence-electron chi connectivity index (χ1n) is 8.23. The number of halogens is 1. The summed E-state index contributed by atoms with van der Waals surface area (Å²) in [5.41, 5.74) is 2.47. The van der Waals surface area contributed by atoms with Gasteiger partial charge in [0.25, 0.3) is 15.7 Å². The summed E-state index contributed by atoms with van der Waals surface area (Å²) < 4.78 is 30.6.